The van der Waals surface area contributed by atoms with Crippen molar-refractivity contribution in [3.05, 3.63) is 35.4 Å². The van der Waals surface area contributed by atoms with Gasteiger partial charge in [-0.15, -0.1) is 0 Å². The summed E-state index contributed by atoms with van der Waals surface area (Å²) in [4.78, 5) is 21.3. The Morgan fingerprint density at radius 3 is 2.79 bits per heavy atom. The summed E-state index contributed by atoms with van der Waals surface area (Å²) in [7, 11) is 0. The van der Waals surface area contributed by atoms with Gasteiger partial charge in [-0.1, -0.05) is 12.1 Å². The molecule has 1 heterocycles. The summed E-state index contributed by atoms with van der Waals surface area (Å²) in [5.74, 6) is -0.476. The van der Waals surface area contributed by atoms with E-state index < -0.39 is 18.0 Å². The maximum Gasteiger partial charge on any atom is 0.347 e. The van der Waals surface area contributed by atoms with E-state index in [1.165, 1.54) is 0 Å². The number of nitrogens with one attached hydrogen (secondary N) is 1. The lowest BCUT2D eigenvalue weighted by atomic mass is 10.1. The third-order valence-electron chi connectivity index (χ3n) is 5.14. The minimum atomic E-state index is -1.10. The molecule has 0 bridgehead atoms. The van der Waals surface area contributed by atoms with Crippen molar-refractivity contribution in [3.8, 4) is 23.3 Å². The summed E-state index contributed by atoms with van der Waals surface area (Å²) in [6, 6.07) is 8.79. The molecule has 0 aliphatic heterocycles. The molecule has 10 nitrogen and oxygen atoms in total. The number of ether oxygens (including phenoxy) is 3. The number of hydrogen-bond acceptors (Lipinski definition) is 10. The molecule has 1 aliphatic rings. The number of nitrogen functional groups attached to an aromatic ring is 1. The summed E-state index contributed by atoms with van der Waals surface area (Å²) in [5.41, 5.74) is 6.61. The fourth-order valence-corrected chi connectivity index (χ4v) is 3.72. The number of anilines is 1. The minimum absolute atomic E-state index is 0.0282. The number of aliphatic hydroxyl groups excluding tert-OH is 1. The first-order chi connectivity index (χ1) is 16.1. The summed E-state index contributed by atoms with van der Waals surface area (Å²) >= 11 is 0. The summed E-state index contributed by atoms with van der Waals surface area (Å²) < 4.78 is 16.8. The number of benzene rings is 1. The Labute approximate surface area is 199 Å². The van der Waals surface area contributed by atoms with Crippen LogP contribution in [0.15, 0.2) is 24.3 Å². The standard InChI is InChI=1S/C24H31N5O5/c1-5-32-22(30)18-19(26)28-20(15-8-6-7-14(11-15)13-25)29-21(18)33-17-10-9-16(12-17)27-23(31)34-24(2,3)4/h6-8,11,16-17,23,27,31H,5,9-10,12H2,1-4H3,(H2,26,28,29)/t16-,17+,23?/m0/s1. The molecule has 3 rings (SSSR count). The van der Waals surface area contributed by atoms with E-state index in [1.54, 1.807) is 31.2 Å². The Morgan fingerprint density at radius 1 is 1.35 bits per heavy atom. The predicted molar refractivity (Wildman–Crippen MR) is 125 cm³/mol. The zero-order valence-electron chi connectivity index (χ0n) is 19.9. The summed E-state index contributed by atoms with van der Waals surface area (Å²) in [5, 5.41) is 22.4. The monoisotopic (exact) mass is 469 g/mol. The highest BCUT2D eigenvalue weighted by Crippen LogP contribution is 2.31. The lowest BCUT2D eigenvalue weighted by Crippen LogP contribution is -2.43. The van der Waals surface area contributed by atoms with Crippen molar-refractivity contribution in [2.24, 2.45) is 0 Å². The van der Waals surface area contributed by atoms with Crippen LogP contribution in [0.5, 0.6) is 5.88 Å². The SMILES string of the molecule is CCOC(=O)c1c(N)nc(-c2cccc(C#N)c2)nc1O[C@@H]1CC[C@H](NC(O)OC(C)(C)C)C1. The van der Waals surface area contributed by atoms with E-state index in [4.69, 9.17) is 19.9 Å². The molecule has 1 fully saturated rings. The average Bonchev–Trinajstić information content (AvgIpc) is 3.18. The third-order valence-corrected chi connectivity index (χ3v) is 5.14. The molecule has 182 valence electrons. The molecule has 0 radical (unpaired) electrons. The molecule has 0 amide bonds. The second kappa shape index (κ2) is 10.8. The number of rotatable bonds is 8. The molecule has 1 unspecified atom stereocenters. The van der Waals surface area contributed by atoms with Gasteiger partial charge in [0.15, 0.2) is 11.4 Å². The van der Waals surface area contributed by atoms with Crippen LogP contribution in [0.25, 0.3) is 11.4 Å². The Hall–Kier alpha value is -3.26. The zero-order valence-corrected chi connectivity index (χ0v) is 19.9. The van der Waals surface area contributed by atoms with Crippen LogP contribution >= 0.6 is 0 Å². The van der Waals surface area contributed by atoms with E-state index in [-0.39, 0.29) is 41.8 Å². The number of nitriles is 1. The van der Waals surface area contributed by atoms with Gasteiger partial charge in [0.05, 0.1) is 23.8 Å². The maximum absolute atomic E-state index is 12.6. The van der Waals surface area contributed by atoms with Gasteiger partial charge in [-0.05, 0) is 59.1 Å². The van der Waals surface area contributed by atoms with Crippen LogP contribution in [-0.4, -0.2) is 51.8 Å². The van der Waals surface area contributed by atoms with Crippen molar-refractivity contribution in [2.45, 2.75) is 71.1 Å². The normalized spacial score (nSPS) is 18.8. The first-order valence-electron chi connectivity index (χ1n) is 11.2. The largest absolute Gasteiger partial charge is 0.474 e. The van der Waals surface area contributed by atoms with Gasteiger partial charge in [0.2, 0.25) is 12.3 Å². The smallest absolute Gasteiger partial charge is 0.347 e. The van der Waals surface area contributed by atoms with E-state index in [0.29, 0.717) is 24.0 Å². The molecule has 34 heavy (non-hydrogen) atoms. The Morgan fingerprint density at radius 2 is 2.12 bits per heavy atom. The van der Waals surface area contributed by atoms with E-state index in [9.17, 15) is 15.2 Å². The number of esters is 1. The topological polar surface area (TPSA) is 153 Å². The summed E-state index contributed by atoms with van der Waals surface area (Å²) in [6.45, 7) is 7.43. The molecular formula is C24H31N5O5. The maximum atomic E-state index is 12.6. The number of nitrogens with zero attached hydrogens (tertiary/aromatic N) is 3. The van der Waals surface area contributed by atoms with Gasteiger partial charge in [-0.3, -0.25) is 5.32 Å². The predicted octanol–water partition coefficient (Wildman–Crippen LogP) is 2.75. The lowest BCUT2D eigenvalue weighted by molar-refractivity contribution is -0.185. The van der Waals surface area contributed by atoms with Gasteiger partial charge in [-0.25, -0.2) is 9.78 Å². The molecule has 4 N–H and O–H groups in total. The fraction of sp³-hybridized carbons (Fsp3) is 0.500. The molecule has 1 aromatic heterocycles. The van der Waals surface area contributed by atoms with E-state index in [0.717, 1.165) is 6.42 Å². The van der Waals surface area contributed by atoms with Gasteiger partial charge in [0.25, 0.3) is 0 Å². The zero-order chi connectivity index (χ0) is 24.9. The van der Waals surface area contributed by atoms with Crippen molar-refractivity contribution >= 4 is 11.8 Å². The number of aliphatic hydroxyl groups is 1. The van der Waals surface area contributed by atoms with Crippen molar-refractivity contribution in [2.75, 3.05) is 12.3 Å². The van der Waals surface area contributed by atoms with Crippen molar-refractivity contribution in [3.63, 3.8) is 0 Å². The number of aromatic nitrogens is 2. The van der Waals surface area contributed by atoms with Crippen molar-refractivity contribution < 1.29 is 24.1 Å². The van der Waals surface area contributed by atoms with Gasteiger partial charge in [-0.2, -0.15) is 10.2 Å². The molecule has 0 spiro atoms. The highest BCUT2D eigenvalue weighted by Gasteiger charge is 2.31. The van der Waals surface area contributed by atoms with Gasteiger partial charge >= 0.3 is 5.97 Å². The van der Waals surface area contributed by atoms with Crippen LogP contribution in [0.4, 0.5) is 5.82 Å². The fourth-order valence-electron chi connectivity index (χ4n) is 3.72. The number of hydrogen-bond donors (Lipinski definition) is 3. The highest BCUT2D eigenvalue weighted by atomic mass is 16.6. The quantitative estimate of drug-likeness (QED) is 0.388. The first kappa shape index (κ1) is 25.4. The summed E-state index contributed by atoms with van der Waals surface area (Å²) in [6.07, 6.45) is 0.593. The van der Waals surface area contributed by atoms with Gasteiger partial charge in [0, 0.05) is 11.6 Å². The van der Waals surface area contributed by atoms with Crippen LogP contribution in [0.3, 0.4) is 0 Å². The van der Waals surface area contributed by atoms with Crippen LogP contribution in [0, 0.1) is 11.3 Å². The minimum Gasteiger partial charge on any atom is -0.474 e. The van der Waals surface area contributed by atoms with Crippen molar-refractivity contribution in [1.29, 1.82) is 5.26 Å². The Bertz CT molecular complexity index is 1060. The molecule has 1 aliphatic carbocycles. The number of nitrogens with two attached hydrogens (primary N) is 1. The van der Waals surface area contributed by atoms with E-state index in [2.05, 4.69) is 21.4 Å². The second-order valence-corrected chi connectivity index (χ2v) is 9.02. The molecule has 2 aromatic rings. The van der Waals surface area contributed by atoms with Gasteiger partial charge < -0.3 is 25.1 Å². The average molecular weight is 470 g/mol. The van der Waals surface area contributed by atoms with Crippen molar-refractivity contribution in [1.82, 2.24) is 15.3 Å². The molecular weight excluding hydrogens is 438 g/mol. The van der Waals surface area contributed by atoms with E-state index in [1.807, 2.05) is 20.8 Å². The molecule has 0 saturated heterocycles. The third kappa shape index (κ3) is 6.63. The Balaban J connectivity index is 1.83. The van der Waals surface area contributed by atoms with Gasteiger partial charge in [0.1, 0.15) is 11.9 Å². The van der Waals surface area contributed by atoms with Crippen LogP contribution in [-0.2, 0) is 9.47 Å². The lowest BCUT2D eigenvalue weighted by Gasteiger charge is -2.26. The molecule has 3 atom stereocenters. The number of carbonyl (C=O) groups excluding carboxylic acids is 1. The first-order valence-corrected chi connectivity index (χ1v) is 11.2. The highest BCUT2D eigenvalue weighted by molar-refractivity contribution is 5.97. The molecule has 1 aromatic carbocycles. The second-order valence-electron chi connectivity index (χ2n) is 9.02. The molecule has 1 saturated carbocycles. The number of carbonyl (C=O) groups is 1. The Kier molecular flexibility index (Phi) is 8.04. The van der Waals surface area contributed by atoms with E-state index >= 15 is 0 Å². The van der Waals surface area contributed by atoms with Crippen LogP contribution in [0.1, 0.15) is 62.9 Å². The van der Waals surface area contributed by atoms with Crippen LogP contribution < -0.4 is 15.8 Å². The van der Waals surface area contributed by atoms with Crippen LogP contribution in [0.2, 0.25) is 0 Å². The molecule has 10 heteroatoms.